The monoisotopic (exact) mass is 447 g/mol. The van der Waals surface area contributed by atoms with Crippen LogP contribution in [0.4, 0.5) is 13.2 Å². The summed E-state index contributed by atoms with van der Waals surface area (Å²) in [6, 6.07) is 3.21. The van der Waals surface area contributed by atoms with E-state index in [4.69, 9.17) is 4.42 Å². The van der Waals surface area contributed by atoms with Crippen LogP contribution in [-0.2, 0) is 16.2 Å². The fourth-order valence-corrected chi connectivity index (χ4v) is 6.82. The van der Waals surface area contributed by atoms with Crippen LogP contribution in [0.3, 0.4) is 0 Å². The van der Waals surface area contributed by atoms with Gasteiger partial charge < -0.3 is 13.8 Å². The molecule has 0 spiro atoms. The standard InChI is InChI=1S/C19H24F3N3O4S/c1-17(2)9-18(10-24(3)4)11-25(8-14(17)18)30(26,27)16-6-5-13(28-16)12-7-15(29-23-12)19(20,21)22/h5-7,14H,8-11H2,1-4H3/t14-,18+/m1/s1. The lowest BCUT2D eigenvalue weighted by Gasteiger charge is -2.57. The normalized spacial score (nSPS) is 26.7. The van der Waals surface area contributed by atoms with E-state index in [1.54, 1.807) is 0 Å². The fraction of sp³-hybridized carbons (Fsp3) is 0.632. The number of sulfonamides is 1. The molecule has 0 N–H and O–H groups in total. The van der Waals surface area contributed by atoms with Crippen LogP contribution < -0.4 is 0 Å². The average molecular weight is 447 g/mol. The van der Waals surface area contributed by atoms with Crippen LogP contribution in [-0.4, -0.2) is 56.5 Å². The predicted octanol–water partition coefficient (Wildman–Crippen LogP) is 3.55. The molecule has 2 atom stereocenters. The Kier molecular flexibility index (Phi) is 4.68. The van der Waals surface area contributed by atoms with Gasteiger partial charge in [-0.3, -0.25) is 0 Å². The van der Waals surface area contributed by atoms with E-state index < -0.39 is 22.0 Å². The third kappa shape index (κ3) is 3.36. The van der Waals surface area contributed by atoms with Gasteiger partial charge in [0.2, 0.25) is 10.9 Å². The number of aromatic nitrogens is 1. The molecule has 11 heteroatoms. The van der Waals surface area contributed by atoms with Gasteiger partial charge in [-0.15, -0.1) is 0 Å². The summed E-state index contributed by atoms with van der Waals surface area (Å²) in [5.74, 6) is -1.15. The first-order valence-electron chi connectivity index (χ1n) is 9.54. The molecular weight excluding hydrogens is 423 g/mol. The van der Waals surface area contributed by atoms with Gasteiger partial charge in [0.15, 0.2) is 5.76 Å². The lowest BCUT2D eigenvalue weighted by Crippen LogP contribution is -2.57. The van der Waals surface area contributed by atoms with E-state index in [1.807, 2.05) is 14.1 Å². The molecule has 2 aliphatic rings. The summed E-state index contributed by atoms with van der Waals surface area (Å²) in [5.41, 5.74) is -0.275. The third-order valence-corrected chi connectivity index (χ3v) is 7.90. The Bertz CT molecular complexity index is 1050. The molecule has 0 unspecified atom stereocenters. The van der Waals surface area contributed by atoms with Crippen molar-refractivity contribution in [2.75, 3.05) is 33.7 Å². The average Bonchev–Trinajstić information content (AvgIpc) is 3.30. The Balaban J connectivity index is 1.59. The summed E-state index contributed by atoms with van der Waals surface area (Å²) < 4.78 is 75.7. The summed E-state index contributed by atoms with van der Waals surface area (Å²) in [6.07, 6.45) is -3.76. The maximum atomic E-state index is 13.2. The molecule has 0 radical (unpaired) electrons. The molecule has 2 aromatic heterocycles. The van der Waals surface area contributed by atoms with E-state index in [0.717, 1.165) is 13.0 Å². The topological polar surface area (TPSA) is 79.8 Å². The van der Waals surface area contributed by atoms with Crippen LogP contribution in [0, 0.1) is 16.7 Å². The number of alkyl halides is 3. The maximum Gasteiger partial charge on any atom is 0.452 e. The van der Waals surface area contributed by atoms with Crippen molar-refractivity contribution >= 4 is 10.0 Å². The van der Waals surface area contributed by atoms with Crippen molar-refractivity contribution in [3.63, 3.8) is 0 Å². The van der Waals surface area contributed by atoms with Crippen LogP contribution in [0.5, 0.6) is 0 Å². The highest BCUT2D eigenvalue weighted by atomic mass is 32.2. The molecule has 166 valence electrons. The first-order valence-corrected chi connectivity index (χ1v) is 11.0. The molecule has 2 fully saturated rings. The Morgan fingerprint density at radius 2 is 2.00 bits per heavy atom. The lowest BCUT2D eigenvalue weighted by molar-refractivity contribution is -0.155. The van der Waals surface area contributed by atoms with Crippen molar-refractivity contribution in [2.45, 2.75) is 31.5 Å². The second-order valence-electron chi connectivity index (χ2n) is 9.31. The van der Waals surface area contributed by atoms with Gasteiger partial charge in [-0.05, 0) is 44.0 Å². The molecule has 2 aromatic rings. The van der Waals surface area contributed by atoms with Gasteiger partial charge in [-0.1, -0.05) is 19.0 Å². The largest absolute Gasteiger partial charge is 0.452 e. The molecule has 1 aliphatic carbocycles. The van der Waals surface area contributed by atoms with E-state index in [9.17, 15) is 21.6 Å². The highest BCUT2D eigenvalue weighted by Gasteiger charge is 2.64. The van der Waals surface area contributed by atoms with Crippen molar-refractivity contribution in [2.24, 2.45) is 16.7 Å². The minimum absolute atomic E-state index is 0.0450. The van der Waals surface area contributed by atoms with Crippen LogP contribution in [0.25, 0.3) is 11.5 Å². The number of hydrogen-bond donors (Lipinski definition) is 0. The Labute approximate surface area is 172 Å². The van der Waals surface area contributed by atoms with Crippen molar-refractivity contribution < 1.29 is 30.5 Å². The lowest BCUT2D eigenvalue weighted by atomic mass is 9.48. The minimum atomic E-state index is -4.69. The molecular formula is C19H24F3N3O4S. The summed E-state index contributed by atoms with van der Waals surface area (Å²) in [7, 11) is 0.0150. The predicted molar refractivity (Wildman–Crippen MR) is 101 cm³/mol. The highest BCUT2D eigenvalue weighted by molar-refractivity contribution is 7.89. The number of nitrogens with zero attached hydrogens (tertiary/aromatic N) is 3. The quantitative estimate of drug-likeness (QED) is 0.698. The zero-order valence-electron chi connectivity index (χ0n) is 17.2. The van der Waals surface area contributed by atoms with E-state index in [0.29, 0.717) is 19.2 Å². The Hall–Kier alpha value is -1.85. The molecule has 4 rings (SSSR count). The van der Waals surface area contributed by atoms with Gasteiger partial charge in [0.1, 0.15) is 5.69 Å². The van der Waals surface area contributed by atoms with E-state index >= 15 is 0 Å². The molecule has 1 saturated heterocycles. The number of halogens is 3. The summed E-state index contributed by atoms with van der Waals surface area (Å²) in [4.78, 5) is 2.08. The third-order valence-electron chi connectivity index (χ3n) is 6.22. The molecule has 0 aromatic carbocycles. The van der Waals surface area contributed by atoms with Gasteiger partial charge in [0.05, 0.1) is 0 Å². The maximum absolute atomic E-state index is 13.2. The second-order valence-corrected chi connectivity index (χ2v) is 11.2. The van der Waals surface area contributed by atoms with Gasteiger partial charge >= 0.3 is 6.18 Å². The fourth-order valence-electron chi connectivity index (χ4n) is 5.36. The van der Waals surface area contributed by atoms with Crippen molar-refractivity contribution in [1.82, 2.24) is 14.4 Å². The van der Waals surface area contributed by atoms with Crippen LogP contribution in [0.1, 0.15) is 26.0 Å². The van der Waals surface area contributed by atoms with Gasteiger partial charge in [0.25, 0.3) is 10.0 Å². The molecule has 1 saturated carbocycles. The Morgan fingerprint density at radius 1 is 1.30 bits per heavy atom. The second kappa shape index (κ2) is 6.57. The first kappa shape index (κ1) is 21.4. The van der Waals surface area contributed by atoms with E-state index in [-0.39, 0.29) is 33.3 Å². The number of rotatable bonds is 5. The Morgan fingerprint density at radius 3 is 2.57 bits per heavy atom. The number of fused-ring (bicyclic) bond motifs is 1. The van der Waals surface area contributed by atoms with Crippen molar-refractivity contribution in [3.8, 4) is 11.5 Å². The van der Waals surface area contributed by atoms with E-state index in [1.165, 1.54) is 16.4 Å². The van der Waals surface area contributed by atoms with Crippen LogP contribution in [0.15, 0.2) is 32.2 Å². The summed E-state index contributed by atoms with van der Waals surface area (Å²) in [5, 5.41) is 3.03. The molecule has 7 nitrogen and oxygen atoms in total. The number of furan rings is 1. The molecule has 1 aliphatic heterocycles. The molecule has 3 heterocycles. The van der Waals surface area contributed by atoms with Gasteiger partial charge in [-0.25, -0.2) is 8.42 Å². The van der Waals surface area contributed by atoms with E-state index in [2.05, 4.69) is 28.4 Å². The first-order chi connectivity index (χ1) is 13.7. The van der Waals surface area contributed by atoms with Gasteiger partial charge in [-0.2, -0.15) is 17.5 Å². The summed E-state index contributed by atoms with van der Waals surface area (Å²) >= 11 is 0. The SMILES string of the molecule is CN(C)C[C@@]12CN(S(=O)(=O)c3ccc(-c4cc(C(F)(F)F)on4)o3)C[C@@H]1C(C)(C)C2. The highest BCUT2D eigenvalue weighted by Crippen LogP contribution is 2.63. The zero-order chi connectivity index (χ0) is 22.1. The molecule has 0 bridgehead atoms. The van der Waals surface area contributed by atoms with Crippen LogP contribution in [0.2, 0.25) is 0 Å². The van der Waals surface area contributed by atoms with Crippen molar-refractivity contribution in [1.29, 1.82) is 0 Å². The summed E-state index contributed by atoms with van der Waals surface area (Å²) in [6.45, 7) is 5.86. The van der Waals surface area contributed by atoms with Gasteiger partial charge in [0, 0.05) is 31.1 Å². The molecule has 30 heavy (non-hydrogen) atoms. The van der Waals surface area contributed by atoms with Crippen LogP contribution >= 0.6 is 0 Å². The van der Waals surface area contributed by atoms with Crippen molar-refractivity contribution in [3.05, 3.63) is 24.0 Å². The number of hydrogen-bond acceptors (Lipinski definition) is 6. The zero-order valence-corrected chi connectivity index (χ0v) is 18.0. The molecule has 0 amide bonds. The smallest absolute Gasteiger partial charge is 0.441 e. The minimum Gasteiger partial charge on any atom is -0.441 e.